The molecule has 2 aromatic carbocycles. The molecule has 0 radical (unpaired) electrons. The van der Waals surface area contributed by atoms with Gasteiger partial charge in [-0.05, 0) is 48.9 Å². The minimum Gasteiger partial charge on any atom is -0.436 e. The predicted molar refractivity (Wildman–Crippen MR) is 78.5 cm³/mol. The van der Waals surface area contributed by atoms with Gasteiger partial charge in [-0.1, -0.05) is 6.07 Å². The van der Waals surface area contributed by atoms with Crippen molar-refractivity contribution >= 4 is 16.8 Å². The molecule has 19 heavy (non-hydrogen) atoms. The number of aromatic nitrogens is 1. The van der Waals surface area contributed by atoms with E-state index in [0.717, 1.165) is 22.4 Å². The van der Waals surface area contributed by atoms with Crippen LogP contribution in [0.25, 0.3) is 22.6 Å². The molecule has 0 aliphatic rings. The molecule has 3 nitrogen and oxygen atoms in total. The number of oxazole rings is 1. The lowest BCUT2D eigenvalue weighted by atomic mass is 10.2. The van der Waals surface area contributed by atoms with Gasteiger partial charge in [-0.2, -0.15) is 0 Å². The zero-order chi connectivity index (χ0) is 13.4. The third-order valence-electron chi connectivity index (χ3n) is 3.17. The highest BCUT2D eigenvalue weighted by molar-refractivity contribution is 5.77. The molecule has 0 amide bonds. The van der Waals surface area contributed by atoms with E-state index in [1.54, 1.807) is 0 Å². The molecule has 0 atom stereocenters. The van der Waals surface area contributed by atoms with Crippen LogP contribution in [0.2, 0.25) is 0 Å². The van der Waals surface area contributed by atoms with E-state index in [1.807, 2.05) is 51.4 Å². The van der Waals surface area contributed by atoms with Gasteiger partial charge in [0.2, 0.25) is 5.89 Å². The lowest BCUT2D eigenvalue weighted by Gasteiger charge is -2.11. The monoisotopic (exact) mass is 252 g/mol. The molecule has 0 spiro atoms. The maximum atomic E-state index is 5.81. The van der Waals surface area contributed by atoms with E-state index in [2.05, 4.69) is 22.0 Å². The number of hydrogen-bond acceptors (Lipinski definition) is 3. The first-order chi connectivity index (χ1) is 9.13. The Morgan fingerprint density at radius 3 is 2.42 bits per heavy atom. The molecule has 0 saturated heterocycles. The van der Waals surface area contributed by atoms with E-state index in [0.29, 0.717) is 5.89 Å². The number of rotatable bonds is 2. The quantitative estimate of drug-likeness (QED) is 0.693. The first-order valence-electron chi connectivity index (χ1n) is 6.28. The number of hydrogen-bond donors (Lipinski definition) is 0. The largest absolute Gasteiger partial charge is 0.436 e. The summed E-state index contributed by atoms with van der Waals surface area (Å²) in [6.07, 6.45) is 0. The van der Waals surface area contributed by atoms with Gasteiger partial charge in [-0.15, -0.1) is 0 Å². The summed E-state index contributed by atoms with van der Waals surface area (Å²) >= 11 is 0. The van der Waals surface area contributed by atoms with Crippen molar-refractivity contribution in [1.82, 2.24) is 4.98 Å². The molecule has 0 aliphatic heterocycles. The molecule has 0 N–H and O–H groups in total. The van der Waals surface area contributed by atoms with Crippen LogP contribution in [0, 0.1) is 6.92 Å². The van der Waals surface area contributed by atoms with Gasteiger partial charge in [0.15, 0.2) is 5.58 Å². The van der Waals surface area contributed by atoms with Crippen LogP contribution >= 0.6 is 0 Å². The molecule has 3 aromatic rings. The van der Waals surface area contributed by atoms with Gasteiger partial charge >= 0.3 is 0 Å². The third kappa shape index (κ3) is 2.19. The minimum atomic E-state index is 0.672. The minimum absolute atomic E-state index is 0.672. The van der Waals surface area contributed by atoms with E-state index in [-0.39, 0.29) is 0 Å². The van der Waals surface area contributed by atoms with Gasteiger partial charge < -0.3 is 9.32 Å². The lowest BCUT2D eigenvalue weighted by Crippen LogP contribution is -2.07. The van der Waals surface area contributed by atoms with Gasteiger partial charge in [-0.25, -0.2) is 4.98 Å². The Balaban J connectivity index is 2.03. The zero-order valence-corrected chi connectivity index (χ0v) is 11.3. The second-order valence-electron chi connectivity index (χ2n) is 4.93. The van der Waals surface area contributed by atoms with Crippen molar-refractivity contribution in [2.45, 2.75) is 6.92 Å². The average molecular weight is 252 g/mol. The first-order valence-corrected chi connectivity index (χ1v) is 6.28. The fraction of sp³-hybridized carbons (Fsp3) is 0.188. The molecule has 1 heterocycles. The van der Waals surface area contributed by atoms with Crippen molar-refractivity contribution < 1.29 is 4.42 Å². The van der Waals surface area contributed by atoms with E-state index in [9.17, 15) is 0 Å². The summed E-state index contributed by atoms with van der Waals surface area (Å²) in [6, 6.07) is 14.3. The summed E-state index contributed by atoms with van der Waals surface area (Å²) in [7, 11) is 4.05. The standard InChI is InChI=1S/C16H16N2O/c1-11-4-9-14-15(10-11)19-16(17-14)12-5-7-13(8-6-12)18(2)3/h4-10H,1-3H3. The van der Waals surface area contributed by atoms with Crippen LogP contribution in [0.1, 0.15) is 5.56 Å². The number of benzene rings is 2. The molecule has 0 fully saturated rings. The Bertz CT molecular complexity index is 711. The van der Waals surface area contributed by atoms with Crippen LogP contribution in [-0.2, 0) is 0 Å². The predicted octanol–water partition coefficient (Wildman–Crippen LogP) is 3.87. The summed E-state index contributed by atoms with van der Waals surface area (Å²) in [5.41, 5.74) is 5.08. The van der Waals surface area contributed by atoms with Crippen molar-refractivity contribution in [3.8, 4) is 11.5 Å². The van der Waals surface area contributed by atoms with Gasteiger partial charge in [-0.3, -0.25) is 0 Å². The van der Waals surface area contributed by atoms with Crippen LogP contribution in [0.3, 0.4) is 0 Å². The molecule has 0 bridgehead atoms. The Labute approximate surface area is 112 Å². The molecule has 0 saturated carbocycles. The van der Waals surface area contributed by atoms with Crippen LogP contribution in [0.5, 0.6) is 0 Å². The number of aryl methyl sites for hydroxylation is 1. The van der Waals surface area contributed by atoms with E-state index in [1.165, 1.54) is 5.56 Å². The van der Waals surface area contributed by atoms with Crippen molar-refractivity contribution in [3.05, 3.63) is 48.0 Å². The lowest BCUT2D eigenvalue weighted by molar-refractivity contribution is 0.619. The topological polar surface area (TPSA) is 29.3 Å². The molecule has 3 rings (SSSR count). The van der Waals surface area contributed by atoms with Gasteiger partial charge in [0.25, 0.3) is 0 Å². The Morgan fingerprint density at radius 2 is 1.74 bits per heavy atom. The maximum Gasteiger partial charge on any atom is 0.227 e. The Morgan fingerprint density at radius 1 is 1.00 bits per heavy atom. The van der Waals surface area contributed by atoms with Crippen LogP contribution in [0.15, 0.2) is 46.9 Å². The summed E-state index contributed by atoms with van der Waals surface area (Å²) in [5.74, 6) is 0.672. The van der Waals surface area contributed by atoms with Crippen LogP contribution in [0.4, 0.5) is 5.69 Å². The molecule has 96 valence electrons. The van der Waals surface area contributed by atoms with Gasteiger partial charge in [0.05, 0.1) is 0 Å². The van der Waals surface area contributed by atoms with Gasteiger partial charge in [0.1, 0.15) is 5.52 Å². The Hall–Kier alpha value is -2.29. The summed E-state index contributed by atoms with van der Waals surface area (Å²) in [4.78, 5) is 6.59. The van der Waals surface area contributed by atoms with Crippen molar-refractivity contribution in [2.24, 2.45) is 0 Å². The second kappa shape index (κ2) is 4.43. The highest BCUT2D eigenvalue weighted by Crippen LogP contribution is 2.26. The molecule has 0 aliphatic carbocycles. The molecule has 3 heteroatoms. The average Bonchev–Trinajstić information content (AvgIpc) is 2.81. The van der Waals surface area contributed by atoms with Crippen LogP contribution in [-0.4, -0.2) is 19.1 Å². The normalized spacial score (nSPS) is 10.9. The highest BCUT2D eigenvalue weighted by atomic mass is 16.3. The van der Waals surface area contributed by atoms with E-state index >= 15 is 0 Å². The van der Waals surface area contributed by atoms with E-state index < -0.39 is 0 Å². The first kappa shape index (κ1) is 11.8. The number of nitrogens with zero attached hydrogens (tertiary/aromatic N) is 2. The molecule has 1 aromatic heterocycles. The fourth-order valence-corrected chi connectivity index (χ4v) is 2.06. The van der Waals surface area contributed by atoms with Crippen LogP contribution < -0.4 is 4.90 Å². The maximum absolute atomic E-state index is 5.81. The van der Waals surface area contributed by atoms with Crippen molar-refractivity contribution in [1.29, 1.82) is 0 Å². The summed E-state index contributed by atoms with van der Waals surface area (Å²) in [6.45, 7) is 2.05. The zero-order valence-electron chi connectivity index (χ0n) is 11.3. The SMILES string of the molecule is Cc1ccc2nc(-c3ccc(N(C)C)cc3)oc2c1. The van der Waals surface area contributed by atoms with Crippen molar-refractivity contribution in [3.63, 3.8) is 0 Å². The van der Waals surface area contributed by atoms with E-state index in [4.69, 9.17) is 4.42 Å². The fourth-order valence-electron chi connectivity index (χ4n) is 2.06. The highest BCUT2D eigenvalue weighted by Gasteiger charge is 2.08. The number of fused-ring (bicyclic) bond motifs is 1. The van der Waals surface area contributed by atoms with Gasteiger partial charge in [0, 0.05) is 25.3 Å². The smallest absolute Gasteiger partial charge is 0.227 e. The molecule has 0 unspecified atom stereocenters. The Kier molecular flexibility index (Phi) is 2.75. The number of anilines is 1. The van der Waals surface area contributed by atoms with Crippen molar-refractivity contribution in [2.75, 3.05) is 19.0 Å². The third-order valence-corrected chi connectivity index (χ3v) is 3.17. The summed E-state index contributed by atoms with van der Waals surface area (Å²) < 4.78 is 5.81. The molecular formula is C16H16N2O. The second-order valence-corrected chi connectivity index (χ2v) is 4.93. The summed E-state index contributed by atoms with van der Waals surface area (Å²) in [5, 5.41) is 0. The molecular weight excluding hydrogens is 236 g/mol.